The molecule has 4 atom stereocenters. The first-order valence-electron chi connectivity index (χ1n) is 15.0. The van der Waals surface area contributed by atoms with Crippen LogP contribution in [0.15, 0.2) is 77.4 Å². The first kappa shape index (κ1) is 27.0. The summed E-state index contributed by atoms with van der Waals surface area (Å²) in [4.78, 5) is 16.3. The molecule has 0 saturated carbocycles. The molecule has 45 heavy (non-hydrogen) atoms. The van der Waals surface area contributed by atoms with Gasteiger partial charge in [-0.2, -0.15) is 0 Å². The summed E-state index contributed by atoms with van der Waals surface area (Å²) < 4.78 is 19.0. The summed E-state index contributed by atoms with van der Waals surface area (Å²) in [6.45, 7) is 2.11. The second-order valence-corrected chi connectivity index (χ2v) is 13.1. The molecule has 5 heterocycles. The van der Waals surface area contributed by atoms with E-state index in [1.807, 2.05) is 55.7 Å². The Morgan fingerprint density at radius 3 is 2.58 bits per heavy atom. The normalized spacial score (nSPS) is 22.7. The van der Waals surface area contributed by atoms with Crippen LogP contribution in [0.25, 0.3) is 54.4 Å². The minimum atomic E-state index is -0.903. The fraction of sp³-hybridized carbons (Fsp3) is 0.229. The molecule has 1 amide bonds. The summed E-state index contributed by atoms with van der Waals surface area (Å²) in [5, 5.41) is 23.5. The number of nitrogens with one attached hydrogen (secondary N) is 3. The van der Waals surface area contributed by atoms with Crippen molar-refractivity contribution >= 4 is 81.9 Å². The molecule has 0 radical (unpaired) electrons. The fourth-order valence-electron chi connectivity index (χ4n) is 8.15. The van der Waals surface area contributed by atoms with Gasteiger partial charge in [-0.3, -0.25) is 4.79 Å². The zero-order valence-corrected chi connectivity index (χ0v) is 26.4. The predicted molar refractivity (Wildman–Crippen MR) is 180 cm³/mol. The molecule has 226 valence electrons. The van der Waals surface area contributed by atoms with Crippen LogP contribution >= 0.6 is 15.9 Å². The Hall–Kier alpha value is -4.35. The zero-order chi connectivity index (χ0) is 30.8. The average Bonchev–Trinajstić information content (AvgIpc) is 3.68. The summed E-state index contributed by atoms with van der Waals surface area (Å²) in [6.07, 6.45) is 1.95. The molecule has 0 aliphatic carbocycles. The lowest BCUT2D eigenvalue weighted by molar-refractivity contribution is -0.256. The van der Waals surface area contributed by atoms with Gasteiger partial charge in [-0.1, -0.05) is 34.1 Å². The van der Waals surface area contributed by atoms with Gasteiger partial charge >= 0.3 is 0 Å². The van der Waals surface area contributed by atoms with E-state index >= 15 is 0 Å². The molecule has 2 bridgehead atoms. The number of methoxy groups -OCH3 is 1. The van der Waals surface area contributed by atoms with Gasteiger partial charge in [-0.15, -0.1) is 0 Å². The van der Waals surface area contributed by atoms with Gasteiger partial charge in [0.1, 0.15) is 12.3 Å². The second-order valence-electron chi connectivity index (χ2n) is 12.2. The number of H-pyrrole nitrogens is 1. The fourth-order valence-corrected chi connectivity index (χ4v) is 8.51. The molecular formula is C35H30BrN5O4. The quantitative estimate of drug-likeness (QED) is 0.158. The number of anilines is 1. The number of nitrogens with zero attached hydrogens (tertiary/aromatic N) is 2. The lowest BCUT2D eigenvalue weighted by Crippen LogP contribution is -2.59. The van der Waals surface area contributed by atoms with Crippen molar-refractivity contribution < 1.29 is 19.4 Å². The lowest BCUT2D eigenvalue weighted by Gasteiger charge is -2.48. The highest BCUT2D eigenvalue weighted by Gasteiger charge is 2.52. The van der Waals surface area contributed by atoms with Gasteiger partial charge in [0.2, 0.25) is 0 Å². The van der Waals surface area contributed by atoms with Gasteiger partial charge in [-0.05, 0) is 62.5 Å². The summed E-state index contributed by atoms with van der Waals surface area (Å²) in [7, 11) is 3.71. The summed E-state index contributed by atoms with van der Waals surface area (Å²) in [5.74, 6) is -0.0679. The minimum absolute atomic E-state index is 0.00649. The molecule has 1 saturated heterocycles. The Morgan fingerprint density at radius 1 is 1.02 bits per heavy atom. The number of carbonyl (C=O) groups excluding carboxylic acids is 1. The van der Waals surface area contributed by atoms with Gasteiger partial charge in [0.05, 0.1) is 27.5 Å². The van der Waals surface area contributed by atoms with E-state index in [-0.39, 0.29) is 30.2 Å². The van der Waals surface area contributed by atoms with Crippen LogP contribution in [0.1, 0.15) is 29.9 Å². The molecule has 3 aromatic heterocycles. The highest BCUT2D eigenvalue weighted by atomic mass is 79.9. The number of carbonyl (C=O) groups is 1. The van der Waals surface area contributed by atoms with Gasteiger partial charge in [0.25, 0.3) is 5.91 Å². The number of fused-ring (bicyclic) bond motifs is 13. The first-order valence-corrected chi connectivity index (χ1v) is 15.8. The molecule has 2 aliphatic rings. The van der Waals surface area contributed by atoms with E-state index in [0.29, 0.717) is 17.7 Å². The Balaban J connectivity index is 1.46. The third kappa shape index (κ3) is 3.45. The maximum atomic E-state index is 13.2. The van der Waals surface area contributed by atoms with E-state index < -0.39 is 5.72 Å². The zero-order valence-electron chi connectivity index (χ0n) is 24.8. The molecule has 4 aromatic carbocycles. The number of rotatable bonds is 4. The van der Waals surface area contributed by atoms with Crippen molar-refractivity contribution in [3.05, 3.63) is 83.0 Å². The second kappa shape index (κ2) is 9.34. The first-order chi connectivity index (χ1) is 21.8. The van der Waals surface area contributed by atoms with E-state index in [2.05, 4.69) is 59.7 Å². The number of hydrogen-bond donors (Lipinski definition) is 4. The van der Waals surface area contributed by atoms with Crippen molar-refractivity contribution in [1.82, 2.24) is 19.4 Å². The van der Waals surface area contributed by atoms with Crippen LogP contribution < -0.4 is 10.6 Å². The van der Waals surface area contributed by atoms with Gasteiger partial charge in [-0.25, -0.2) is 0 Å². The molecule has 4 N–H and O–H groups in total. The molecule has 2 aliphatic heterocycles. The number of ether oxygens (including phenoxy) is 2. The van der Waals surface area contributed by atoms with Crippen LogP contribution in [0.4, 0.5) is 5.69 Å². The van der Waals surface area contributed by atoms with Gasteiger partial charge in [0, 0.05) is 68.4 Å². The number of likely N-dealkylation sites (N-methyl/N-ethyl adjacent to an activating group) is 1. The van der Waals surface area contributed by atoms with Crippen LogP contribution in [0.3, 0.4) is 0 Å². The summed E-state index contributed by atoms with van der Waals surface area (Å²) in [5.41, 5.74) is 4.31. The molecule has 1 fully saturated rings. The largest absolute Gasteiger partial charge is 0.494 e. The molecule has 7 aromatic rings. The van der Waals surface area contributed by atoms with Crippen LogP contribution in [0, 0.1) is 0 Å². The molecule has 10 heteroatoms. The van der Waals surface area contributed by atoms with Crippen LogP contribution in [-0.4, -0.2) is 51.4 Å². The highest BCUT2D eigenvalue weighted by Crippen LogP contribution is 2.55. The topological polar surface area (TPSA) is 105 Å². The summed E-state index contributed by atoms with van der Waals surface area (Å²) >= 11 is 3.70. The van der Waals surface area contributed by atoms with Crippen molar-refractivity contribution in [2.45, 2.75) is 37.4 Å². The number of benzene rings is 4. The SMILES string of the molecule is CN[C@@H]1CC2OC(C)([C@@H]1OC)n1c3ccc(NC(=O)c4ccccc4)cc3c3c4c[nH]c(O)c4c4c5cc(Br)ccc5n2c4c31. The Morgan fingerprint density at radius 2 is 1.80 bits per heavy atom. The third-order valence-electron chi connectivity index (χ3n) is 9.91. The lowest BCUT2D eigenvalue weighted by atomic mass is 9.93. The van der Waals surface area contributed by atoms with E-state index in [1.165, 1.54) is 0 Å². The molecule has 9 nitrogen and oxygen atoms in total. The Bertz CT molecular complexity index is 2370. The number of aromatic amines is 1. The smallest absolute Gasteiger partial charge is 0.255 e. The highest BCUT2D eigenvalue weighted by molar-refractivity contribution is 9.10. The van der Waals surface area contributed by atoms with Crippen LogP contribution in [-0.2, 0) is 15.2 Å². The average molecular weight is 665 g/mol. The van der Waals surface area contributed by atoms with Gasteiger partial charge in [0.15, 0.2) is 11.6 Å². The molecular weight excluding hydrogens is 634 g/mol. The number of aromatic nitrogens is 3. The number of halogens is 1. The predicted octanol–water partition coefficient (Wildman–Crippen LogP) is 7.31. The van der Waals surface area contributed by atoms with E-state index in [9.17, 15) is 9.90 Å². The van der Waals surface area contributed by atoms with Gasteiger partial charge < -0.3 is 39.3 Å². The maximum Gasteiger partial charge on any atom is 0.255 e. The van der Waals surface area contributed by atoms with Crippen molar-refractivity contribution in [1.29, 1.82) is 0 Å². The molecule has 2 unspecified atom stereocenters. The van der Waals surface area contributed by atoms with E-state index in [4.69, 9.17) is 9.47 Å². The van der Waals surface area contributed by atoms with Crippen molar-refractivity contribution in [3.63, 3.8) is 0 Å². The number of amides is 1. The van der Waals surface area contributed by atoms with Crippen LogP contribution in [0.2, 0.25) is 0 Å². The standard InChI is InChI=1S/C35H30BrN5O4/c1-35-32(44-3)23(37-2)15-26(45-35)40-24-11-9-18(36)13-20(24)28-29-22(16-38-34(29)43)27-21-14-19(39-33(42)17-7-5-4-6-8-17)10-12-25(21)41(35)31(27)30(28)40/h4-14,16,23,26,32,37-38,43H,15H2,1-3H3,(H,39,42)/t23-,26?,32-,35?/m1/s1. The van der Waals surface area contributed by atoms with Crippen molar-refractivity contribution in [2.24, 2.45) is 0 Å². The minimum Gasteiger partial charge on any atom is -0.494 e. The molecule has 9 rings (SSSR count). The number of hydrogen-bond acceptors (Lipinski definition) is 5. The third-order valence-corrected chi connectivity index (χ3v) is 10.4. The van der Waals surface area contributed by atoms with Crippen molar-refractivity contribution in [3.8, 4) is 5.88 Å². The Kier molecular flexibility index (Phi) is 5.60. The molecule has 0 spiro atoms. The van der Waals surface area contributed by atoms with Crippen LogP contribution in [0.5, 0.6) is 5.88 Å². The van der Waals surface area contributed by atoms with Crippen molar-refractivity contribution in [2.75, 3.05) is 19.5 Å². The maximum absolute atomic E-state index is 13.2. The number of aromatic hydroxyl groups is 1. The summed E-state index contributed by atoms with van der Waals surface area (Å²) in [6, 6.07) is 21.5. The monoisotopic (exact) mass is 663 g/mol. The van der Waals surface area contributed by atoms with E-state index in [0.717, 1.165) is 58.9 Å². The Labute approximate surface area is 265 Å². The van der Waals surface area contributed by atoms with E-state index in [1.54, 1.807) is 19.2 Å².